The lowest BCUT2D eigenvalue weighted by Gasteiger charge is -2.26. The van der Waals surface area contributed by atoms with E-state index in [1.54, 1.807) is 22.7 Å². The SMILES string of the molecule is Cc1ccsc1C(=CCCN1CCC[C@@H]1[C@@H](N)C(=O)O)c1sccc1C.O=C(O)C(F)(F)F. The maximum Gasteiger partial charge on any atom is 0.490 e. The third-order valence-corrected chi connectivity index (χ3v) is 7.43. The van der Waals surface area contributed by atoms with Gasteiger partial charge in [0.25, 0.3) is 0 Å². The number of nitrogens with two attached hydrogens (primary N) is 1. The molecule has 0 bridgehead atoms. The molecule has 2 aromatic rings. The first kappa shape index (κ1) is 27.0. The van der Waals surface area contributed by atoms with Gasteiger partial charge in [-0.25, -0.2) is 4.79 Å². The van der Waals surface area contributed by atoms with Crippen LogP contribution in [0.5, 0.6) is 0 Å². The highest BCUT2D eigenvalue weighted by atomic mass is 32.1. The second-order valence-electron chi connectivity index (χ2n) is 7.68. The molecule has 1 saturated heterocycles. The van der Waals surface area contributed by atoms with Crippen molar-refractivity contribution in [2.75, 3.05) is 13.1 Å². The van der Waals surface area contributed by atoms with Crippen molar-refractivity contribution in [2.45, 2.75) is 51.4 Å². The average Bonchev–Trinajstić information content (AvgIpc) is 3.46. The Morgan fingerprint density at radius 2 is 1.70 bits per heavy atom. The molecule has 0 unspecified atom stereocenters. The van der Waals surface area contributed by atoms with Gasteiger partial charge in [-0.2, -0.15) is 13.2 Å². The Morgan fingerprint density at radius 3 is 2.09 bits per heavy atom. The predicted molar refractivity (Wildman–Crippen MR) is 124 cm³/mol. The Labute approximate surface area is 198 Å². The van der Waals surface area contributed by atoms with Gasteiger partial charge in [0.15, 0.2) is 0 Å². The molecule has 0 aliphatic carbocycles. The van der Waals surface area contributed by atoms with Crippen molar-refractivity contribution < 1.29 is 33.0 Å². The second-order valence-corrected chi connectivity index (χ2v) is 9.52. The summed E-state index contributed by atoms with van der Waals surface area (Å²) in [5.41, 5.74) is 9.81. The Kier molecular flexibility index (Phi) is 9.65. The Bertz CT molecular complexity index is 942. The molecule has 3 rings (SSSR count). The molecular weight excluding hydrogens is 477 g/mol. The van der Waals surface area contributed by atoms with Gasteiger partial charge < -0.3 is 15.9 Å². The first-order valence-corrected chi connectivity index (χ1v) is 12.0. The summed E-state index contributed by atoms with van der Waals surface area (Å²) in [7, 11) is 0. The van der Waals surface area contributed by atoms with Crippen molar-refractivity contribution in [1.29, 1.82) is 0 Å². The van der Waals surface area contributed by atoms with Crippen LogP contribution in [0.1, 0.15) is 40.1 Å². The van der Waals surface area contributed by atoms with E-state index in [9.17, 15) is 23.1 Å². The zero-order valence-corrected chi connectivity index (χ0v) is 19.9. The number of rotatable bonds is 7. The van der Waals surface area contributed by atoms with Gasteiger partial charge in [-0.05, 0) is 73.7 Å². The first-order valence-electron chi connectivity index (χ1n) is 10.2. The number of nitrogens with zero attached hydrogens (tertiary/aromatic N) is 1. The molecule has 0 saturated carbocycles. The van der Waals surface area contributed by atoms with Crippen LogP contribution in [0.15, 0.2) is 29.0 Å². The first-order chi connectivity index (χ1) is 15.4. The molecule has 2 atom stereocenters. The molecule has 4 N–H and O–H groups in total. The molecule has 0 amide bonds. The third kappa shape index (κ3) is 7.39. The predicted octanol–water partition coefficient (Wildman–Crippen LogP) is 4.76. The summed E-state index contributed by atoms with van der Waals surface area (Å²) < 4.78 is 31.7. The number of hydrogen-bond acceptors (Lipinski definition) is 6. The van der Waals surface area contributed by atoms with Crippen molar-refractivity contribution in [3.05, 3.63) is 49.9 Å². The minimum absolute atomic E-state index is 0.0451. The monoisotopic (exact) mass is 504 g/mol. The Hall–Kier alpha value is -2.21. The fraction of sp³-hybridized carbons (Fsp3) is 0.455. The van der Waals surface area contributed by atoms with E-state index >= 15 is 0 Å². The Balaban J connectivity index is 0.000000479. The second kappa shape index (κ2) is 11.8. The minimum Gasteiger partial charge on any atom is -0.480 e. The molecule has 6 nitrogen and oxygen atoms in total. The molecular formula is C22H27F3N2O4S2. The molecule has 3 heterocycles. The number of aliphatic carboxylic acids is 2. The molecule has 0 radical (unpaired) electrons. The van der Waals surface area contributed by atoms with E-state index in [0.717, 1.165) is 32.4 Å². The van der Waals surface area contributed by atoms with Gasteiger partial charge in [0.1, 0.15) is 6.04 Å². The van der Waals surface area contributed by atoms with Crippen molar-refractivity contribution in [3.8, 4) is 0 Å². The number of thiophene rings is 2. The lowest BCUT2D eigenvalue weighted by atomic mass is 10.0. The minimum atomic E-state index is -5.08. The normalized spacial score (nSPS) is 17.2. The van der Waals surface area contributed by atoms with E-state index in [-0.39, 0.29) is 6.04 Å². The molecule has 1 aliphatic rings. The largest absolute Gasteiger partial charge is 0.490 e. The Morgan fingerprint density at radius 1 is 1.18 bits per heavy atom. The summed E-state index contributed by atoms with van der Waals surface area (Å²) in [6.45, 7) is 6.10. The summed E-state index contributed by atoms with van der Waals surface area (Å²) in [4.78, 5) is 25.0. The summed E-state index contributed by atoms with van der Waals surface area (Å²) in [6, 6.07) is 3.49. The van der Waals surface area contributed by atoms with Gasteiger partial charge in [0, 0.05) is 27.9 Å². The molecule has 33 heavy (non-hydrogen) atoms. The zero-order valence-electron chi connectivity index (χ0n) is 18.3. The van der Waals surface area contributed by atoms with Crippen molar-refractivity contribution >= 4 is 40.2 Å². The van der Waals surface area contributed by atoms with E-state index in [2.05, 4.69) is 47.7 Å². The van der Waals surface area contributed by atoms with E-state index in [1.807, 2.05) is 0 Å². The molecule has 0 spiro atoms. The van der Waals surface area contributed by atoms with Crippen LogP contribution in [0, 0.1) is 13.8 Å². The van der Waals surface area contributed by atoms with Gasteiger partial charge in [-0.3, -0.25) is 9.69 Å². The number of carboxylic acid groups (broad SMARTS) is 2. The van der Waals surface area contributed by atoms with Crippen LogP contribution < -0.4 is 5.73 Å². The van der Waals surface area contributed by atoms with E-state index in [0.29, 0.717) is 0 Å². The standard InChI is InChI=1S/C20H26N2O2S2.C2HF3O2/c1-13-7-11-25-18(13)15(19-14(2)8-12-26-19)5-3-9-22-10-4-6-16(22)17(21)20(23)24;3-2(4,5)1(6)7/h5,7-8,11-12,16-17H,3-4,6,9-10,21H2,1-2H3,(H,23,24);(H,6,7)/t16-,17-;/m1./s1. The van der Waals surface area contributed by atoms with Crippen molar-refractivity contribution in [1.82, 2.24) is 4.90 Å². The highest BCUT2D eigenvalue weighted by Crippen LogP contribution is 2.35. The fourth-order valence-corrected chi connectivity index (χ4v) is 5.68. The lowest BCUT2D eigenvalue weighted by Crippen LogP contribution is -2.48. The smallest absolute Gasteiger partial charge is 0.480 e. The van der Waals surface area contributed by atoms with Crippen LogP contribution in [-0.4, -0.2) is 58.4 Å². The van der Waals surface area contributed by atoms with E-state index in [1.165, 1.54) is 26.5 Å². The van der Waals surface area contributed by atoms with E-state index in [4.69, 9.17) is 15.6 Å². The number of halogens is 3. The molecule has 1 fully saturated rings. The number of alkyl halides is 3. The number of hydrogen-bond donors (Lipinski definition) is 3. The van der Waals surface area contributed by atoms with Gasteiger partial charge >= 0.3 is 18.1 Å². The van der Waals surface area contributed by atoms with Gasteiger partial charge in [-0.1, -0.05) is 6.08 Å². The molecule has 11 heteroatoms. The van der Waals surface area contributed by atoms with Gasteiger partial charge in [0.05, 0.1) is 0 Å². The third-order valence-electron chi connectivity index (χ3n) is 5.33. The maximum absolute atomic E-state index is 11.2. The summed E-state index contributed by atoms with van der Waals surface area (Å²) >= 11 is 3.57. The van der Waals surface area contributed by atoms with Crippen LogP contribution in [0.3, 0.4) is 0 Å². The molecule has 1 aliphatic heterocycles. The number of carboxylic acids is 2. The maximum atomic E-state index is 11.2. The number of likely N-dealkylation sites (tertiary alicyclic amines) is 1. The fourth-order valence-electron chi connectivity index (χ4n) is 3.66. The highest BCUT2D eigenvalue weighted by molar-refractivity contribution is 7.14. The van der Waals surface area contributed by atoms with E-state index < -0.39 is 24.2 Å². The molecule has 2 aromatic heterocycles. The van der Waals surface area contributed by atoms with Crippen LogP contribution >= 0.6 is 22.7 Å². The summed E-state index contributed by atoms with van der Waals surface area (Å²) in [5.74, 6) is -3.66. The topological polar surface area (TPSA) is 104 Å². The lowest BCUT2D eigenvalue weighted by molar-refractivity contribution is -0.192. The van der Waals surface area contributed by atoms with Crippen LogP contribution in [-0.2, 0) is 9.59 Å². The summed E-state index contributed by atoms with van der Waals surface area (Å²) in [5, 5.41) is 20.6. The van der Waals surface area contributed by atoms with Crippen LogP contribution in [0.25, 0.3) is 5.57 Å². The average molecular weight is 505 g/mol. The zero-order chi connectivity index (χ0) is 24.8. The van der Waals surface area contributed by atoms with Crippen LogP contribution in [0.2, 0.25) is 0 Å². The van der Waals surface area contributed by atoms with Crippen LogP contribution in [0.4, 0.5) is 13.2 Å². The number of carbonyl (C=O) groups is 2. The number of aryl methyl sites for hydroxylation is 2. The van der Waals surface area contributed by atoms with Gasteiger partial charge in [0.2, 0.25) is 0 Å². The van der Waals surface area contributed by atoms with Crippen molar-refractivity contribution in [3.63, 3.8) is 0 Å². The quantitative estimate of drug-likeness (QED) is 0.502. The highest BCUT2D eigenvalue weighted by Gasteiger charge is 2.38. The van der Waals surface area contributed by atoms with Crippen molar-refractivity contribution in [2.24, 2.45) is 5.73 Å². The summed E-state index contributed by atoms with van der Waals surface area (Å²) in [6.07, 6.45) is 0.0284. The molecule has 182 valence electrons. The van der Waals surface area contributed by atoms with Gasteiger partial charge in [-0.15, -0.1) is 22.7 Å². The molecule has 0 aromatic carbocycles.